The summed E-state index contributed by atoms with van der Waals surface area (Å²) in [6.07, 6.45) is 0.766. The van der Waals surface area contributed by atoms with Crippen LogP contribution >= 0.6 is 0 Å². The molecule has 0 aliphatic carbocycles. The van der Waals surface area contributed by atoms with Crippen molar-refractivity contribution in [2.45, 2.75) is 38.1 Å². The summed E-state index contributed by atoms with van der Waals surface area (Å²) in [7, 11) is 0. The Hall–Kier alpha value is -2.94. The van der Waals surface area contributed by atoms with Gasteiger partial charge in [0.2, 0.25) is 0 Å². The Labute approximate surface area is 165 Å². The van der Waals surface area contributed by atoms with Crippen LogP contribution in [0.2, 0.25) is 0 Å². The van der Waals surface area contributed by atoms with Crippen LogP contribution < -0.4 is 4.90 Å². The summed E-state index contributed by atoms with van der Waals surface area (Å²) >= 11 is 0. The first kappa shape index (κ1) is 18.4. The number of rotatable bonds is 2. The predicted molar refractivity (Wildman–Crippen MR) is 111 cm³/mol. The minimum atomic E-state index is -0.442. The van der Waals surface area contributed by atoms with Crippen molar-refractivity contribution in [3.63, 3.8) is 0 Å². The maximum atomic E-state index is 13.8. The third-order valence-electron chi connectivity index (χ3n) is 5.82. The van der Waals surface area contributed by atoms with Gasteiger partial charge in [-0.05, 0) is 55.7 Å². The number of benzene rings is 3. The molecule has 1 atom stereocenters. The zero-order valence-electron chi connectivity index (χ0n) is 16.4. The van der Waals surface area contributed by atoms with Crippen molar-refractivity contribution in [2.75, 3.05) is 4.90 Å². The van der Waals surface area contributed by atoms with Crippen molar-refractivity contribution < 1.29 is 9.18 Å². The van der Waals surface area contributed by atoms with E-state index >= 15 is 0 Å². The number of anilines is 1. The highest BCUT2D eigenvalue weighted by molar-refractivity contribution is 6.08. The van der Waals surface area contributed by atoms with E-state index in [-0.39, 0.29) is 11.3 Å². The zero-order chi connectivity index (χ0) is 19.9. The van der Waals surface area contributed by atoms with E-state index < -0.39 is 11.4 Å². The maximum Gasteiger partial charge on any atom is 0.258 e. The van der Waals surface area contributed by atoms with E-state index in [0.717, 1.165) is 17.7 Å². The highest BCUT2D eigenvalue weighted by Crippen LogP contribution is 2.50. The smallest absolute Gasteiger partial charge is 0.258 e. The fraction of sp³-hybridized carbons (Fsp3) is 0.240. The molecule has 1 aliphatic heterocycles. The summed E-state index contributed by atoms with van der Waals surface area (Å²) < 4.78 is 13.8. The number of para-hydroxylation sites is 1. The first-order valence-electron chi connectivity index (χ1n) is 9.58. The van der Waals surface area contributed by atoms with Crippen LogP contribution in [-0.4, -0.2) is 11.4 Å². The number of carbonyl (C=O) groups excluding carboxylic acids is 1. The molecule has 142 valence electrons. The minimum absolute atomic E-state index is 0.174. The van der Waals surface area contributed by atoms with Gasteiger partial charge in [-0.25, -0.2) is 4.39 Å². The highest BCUT2D eigenvalue weighted by Gasteiger charge is 2.47. The zero-order valence-corrected chi connectivity index (χ0v) is 16.4. The first-order valence-corrected chi connectivity index (χ1v) is 9.58. The molecule has 3 aromatic rings. The number of fused-ring (bicyclic) bond motifs is 1. The monoisotopic (exact) mass is 373 g/mol. The molecule has 0 saturated carbocycles. The summed E-state index contributed by atoms with van der Waals surface area (Å²) in [5.41, 5.74) is 2.94. The van der Waals surface area contributed by atoms with E-state index in [4.69, 9.17) is 0 Å². The molecule has 2 nitrogen and oxygen atoms in total. The predicted octanol–water partition coefficient (Wildman–Crippen LogP) is 5.96. The van der Waals surface area contributed by atoms with Crippen LogP contribution in [0.25, 0.3) is 0 Å². The number of hydrogen-bond acceptors (Lipinski definition) is 1. The average Bonchev–Trinajstić information content (AvgIpc) is 2.68. The Morgan fingerprint density at radius 2 is 1.57 bits per heavy atom. The van der Waals surface area contributed by atoms with E-state index in [1.54, 1.807) is 12.1 Å². The van der Waals surface area contributed by atoms with Crippen LogP contribution in [0.5, 0.6) is 0 Å². The van der Waals surface area contributed by atoms with Crippen molar-refractivity contribution in [1.82, 2.24) is 0 Å². The summed E-state index contributed by atoms with van der Waals surface area (Å²) in [4.78, 5) is 15.3. The number of halogens is 1. The quantitative estimate of drug-likeness (QED) is 0.543. The molecule has 0 fully saturated rings. The van der Waals surface area contributed by atoms with Gasteiger partial charge in [0, 0.05) is 22.2 Å². The van der Waals surface area contributed by atoms with Gasteiger partial charge >= 0.3 is 0 Å². The molecule has 0 bridgehead atoms. The topological polar surface area (TPSA) is 20.3 Å². The second-order valence-electron chi connectivity index (χ2n) is 8.36. The fourth-order valence-corrected chi connectivity index (χ4v) is 4.70. The van der Waals surface area contributed by atoms with Crippen molar-refractivity contribution in [1.29, 1.82) is 0 Å². The number of hydrogen-bond donors (Lipinski definition) is 0. The molecule has 0 aromatic heterocycles. The molecular formula is C25H24FNO. The van der Waals surface area contributed by atoms with Crippen molar-refractivity contribution >= 4 is 11.6 Å². The Kier molecular flexibility index (Phi) is 4.34. The number of nitrogens with zero attached hydrogens (tertiary/aromatic N) is 1. The molecule has 0 saturated heterocycles. The van der Waals surface area contributed by atoms with E-state index in [2.05, 4.69) is 51.1 Å². The maximum absolute atomic E-state index is 13.8. The third kappa shape index (κ3) is 2.91. The summed E-state index contributed by atoms with van der Waals surface area (Å²) in [6, 6.07) is 24.4. The average molecular weight is 373 g/mol. The number of carbonyl (C=O) groups is 1. The van der Waals surface area contributed by atoms with Gasteiger partial charge in [0.15, 0.2) is 0 Å². The fourth-order valence-electron chi connectivity index (χ4n) is 4.70. The van der Waals surface area contributed by atoms with Crippen LogP contribution in [0.3, 0.4) is 0 Å². The largest absolute Gasteiger partial charge is 0.302 e. The van der Waals surface area contributed by atoms with Crippen LogP contribution in [0.1, 0.15) is 48.7 Å². The molecular weight excluding hydrogens is 349 g/mol. The van der Waals surface area contributed by atoms with Crippen molar-refractivity contribution in [2.24, 2.45) is 0 Å². The van der Waals surface area contributed by atoms with Gasteiger partial charge in [-0.15, -0.1) is 0 Å². The van der Waals surface area contributed by atoms with Crippen LogP contribution in [0.4, 0.5) is 10.1 Å². The summed E-state index contributed by atoms with van der Waals surface area (Å²) in [6.45, 7) is 6.41. The van der Waals surface area contributed by atoms with Gasteiger partial charge in [0.25, 0.3) is 5.91 Å². The SMILES string of the molecule is CC1(C)C[C@](C)(c2ccccc2)c2ccccc2N1C(=O)c1cccc(F)c1. The van der Waals surface area contributed by atoms with E-state index in [0.29, 0.717) is 5.56 Å². The molecule has 3 heteroatoms. The number of amides is 1. The third-order valence-corrected chi connectivity index (χ3v) is 5.82. The molecule has 3 aromatic carbocycles. The van der Waals surface area contributed by atoms with Gasteiger partial charge in [0.1, 0.15) is 5.82 Å². The van der Waals surface area contributed by atoms with Crippen LogP contribution in [0.15, 0.2) is 78.9 Å². The Morgan fingerprint density at radius 1 is 0.893 bits per heavy atom. The lowest BCUT2D eigenvalue weighted by molar-refractivity contribution is 0.0948. The van der Waals surface area contributed by atoms with Gasteiger partial charge < -0.3 is 4.90 Å². The second kappa shape index (κ2) is 6.59. The highest BCUT2D eigenvalue weighted by atomic mass is 19.1. The lowest BCUT2D eigenvalue weighted by Crippen LogP contribution is -2.55. The molecule has 0 spiro atoms. The minimum Gasteiger partial charge on any atom is -0.302 e. The van der Waals surface area contributed by atoms with Crippen molar-refractivity contribution in [3.8, 4) is 0 Å². The lowest BCUT2D eigenvalue weighted by Gasteiger charge is -2.51. The van der Waals surface area contributed by atoms with Gasteiger partial charge in [-0.1, -0.05) is 61.5 Å². The standard InChI is InChI=1S/C25H24FNO/c1-24(2)17-25(3,19-11-5-4-6-12-19)21-14-7-8-15-22(21)27(24)23(28)18-10-9-13-20(26)16-18/h4-16H,17H2,1-3H3/t25-/m1/s1. The molecule has 1 aliphatic rings. The van der Waals surface area contributed by atoms with Crippen LogP contribution in [0, 0.1) is 5.82 Å². The summed E-state index contributed by atoms with van der Waals surface area (Å²) in [5, 5.41) is 0. The Morgan fingerprint density at radius 3 is 2.29 bits per heavy atom. The normalized spacial score (nSPS) is 20.5. The molecule has 1 heterocycles. The Bertz CT molecular complexity index is 1030. The molecule has 1 amide bonds. The Balaban J connectivity index is 1.89. The van der Waals surface area contributed by atoms with E-state index in [1.165, 1.54) is 17.7 Å². The lowest BCUT2D eigenvalue weighted by atomic mass is 9.65. The molecule has 0 radical (unpaired) electrons. The second-order valence-corrected chi connectivity index (χ2v) is 8.36. The van der Waals surface area contributed by atoms with Crippen molar-refractivity contribution in [3.05, 3.63) is 101 Å². The molecule has 0 N–H and O–H groups in total. The van der Waals surface area contributed by atoms with E-state index in [1.807, 2.05) is 29.2 Å². The summed E-state index contributed by atoms with van der Waals surface area (Å²) in [5.74, 6) is -0.574. The first-order chi connectivity index (χ1) is 13.3. The van der Waals surface area contributed by atoms with Crippen LogP contribution in [-0.2, 0) is 5.41 Å². The van der Waals surface area contributed by atoms with E-state index in [9.17, 15) is 9.18 Å². The molecule has 4 rings (SSSR count). The molecule has 28 heavy (non-hydrogen) atoms. The van der Waals surface area contributed by atoms with Gasteiger partial charge in [-0.2, -0.15) is 0 Å². The van der Waals surface area contributed by atoms with Gasteiger partial charge in [0.05, 0.1) is 0 Å². The molecule has 0 unspecified atom stereocenters. The van der Waals surface area contributed by atoms with Gasteiger partial charge in [-0.3, -0.25) is 4.79 Å².